The van der Waals surface area contributed by atoms with Crippen LogP contribution < -0.4 is 5.32 Å². The third-order valence-corrected chi connectivity index (χ3v) is 4.74. The van der Waals surface area contributed by atoms with E-state index in [1.165, 1.54) is 0 Å². The van der Waals surface area contributed by atoms with E-state index in [1.54, 1.807) is 6.07 Å². The molecule has 0 bridgehead atoms. The normalized spacial score (nSPS) is 13.9. The number of aromatic carboxylic acids is 1. The van der Waals surface area contributed by atoms with Gasteiger partial charge in [0.05, 0.1) is 27.9 Å². The number of carbonyl (C=O) groups excluding carboxylic acids is 1. The smallest absolute Gasteiger partial charge is 0.335 e. The number of nitrogens with one attached hydrogen (secondary N) is 1. The fourth-order valence-corrected chi connectivity index (χ4v) is 3.10. The quantitative estimate of drug-likeness (QED) is 0.680. The minimum atomic E-state index is -1.21. The van der Waals surface area contributed by atoms with E-state index in [2.05, 4.69) is 15.5 Å². The predicted octanol–water partition coefficient (Wildman–Crippen LogP) is 4.31. The molecule has 1 fully saturated rings. The van der Waals surface area contributed by atoms with Crippen LogP contribution in [0.1, 0.15) is 70.6 Å². The molecule has 0 atom stereocenters. The van der Waals surface area contributed by atoms with Crippen LogP contribution in [0.4, 0.5) is 10.1 Å². The molecular formula is C20H18FN3O4. The topological polar surface area (TPSA) is 105 Å². The number of carbonyl (C=O) groups is 2. The molecule has 2 aromatic heterocycles. The molecule has 0 spiro atoms. The lowest BCUT2D eigenvalue weighted by Gasteiger charge is -2.10. The van der Waals surface area contributed by atoms with E-state index in [-0.39, 0.29) is 34.4 Å². The number of hydrogen-bond acceptors (Lipinski definition) is 5. The van der Waals surface area contributed by atoms with Gasteiger partial charge in [-0.2, -0.15) is 0 Å². The number of carboxylic acids is 1. The van der Waals surface area contributed by atoms with Crippen molar-refractivity contribution in [1.29, 1.82) is 0 Å². The molecule has 0 radical (unpaired) electrons. The number of anilines is 1. The Morgan fingerprint density at radius 3 is 2.68 bits per heavy atom. The zero-order valence-corrected chi connectivity index (χ0v) is 15.3. The SMILES string of the molecule is CC(C)c1noc2nc(C3CC3)cc(C(=O)Nc3cc(C(=O)O)ccc3F)c12. The number of hydrogen-bond donors (Lipinski definition) is 2. The van der Waals surface area contributed by atoms with Crippen molar-refractivity contribution in [1.82, 2.24) is 10.1 Å². The molecule has 1 aliphatic rings. The lowest BCUT2D eigenvalue weighted by atomic mass is 10.0. The molecule has 144 valence electrons. The molecule has 7 nitrogen and oxygen atoms in total. The van der Waals surface area contributed by atoms with Crippen LogP contribution in [-0.2, 0) is 0 Å². The van der Waals surface area contributed by atoms with Crippen molar-refractivity contribution >= 4 is 28.7 Å². The van der Waals surface area contributed by atoms with Crippen molar-refractivity contribution in [2.75, 3.05) is 5.32 Å². The number of pyridine rings is 1. The van der Waals surface area contributed by atoms with Gasteiger partial charge in [0.25, 0.3) is 11.6 Å². The predicted molar refractivity (Wildman–Crippen MR) is 99.2 cm³/mol. The highest BCUT2D eigenvalue weighted by molar-refractivity contribution is 6.12. The van der Waals surface area contributed by atoms with E-state index in [1.807, 2.05) is 13.8 Å². The summed E-state index contributed by atoms with van der Waals surface area (Å²) in [4.78, 5) is 28.6. The van der Waals surface area contributed by atoms with Crippen LogP contribution in [0.15, 0.2) is 28.8 Å². The van der Waals surface area contributed by atoms with Gasteiger partial charge in [-0.3, -0.25) is 4.79 Å². The van der Waals surface area contributed by atoms with E-state index in [4.69, 9.17) is 9.63 Å². The van der Waals surface area contributed by atoms with Gasteiger partial charge in [-0.1, -0.05) is 19.0 Å². The standard InChI is InChI=1S/C20H18FN3O4/c1-9(2)17-16-12(8-14(10-3-4-10)23-19(16)28-24-17)18(25)22-15-7-11(20(26)27)5-6-13(15)21/h5-10H,3-4H2,1-2H3,(H,22,25)(H,26,27). The maximum atomic E-state index is 14.1. The first-order valence-corrected chi connectivity index (χ1v) is 8.99. The second-order valence-corrected chi connectivity index (χ2v) is 7.23. The van der Waals surface area contributed by atoms with E-state index < -0.39 is 17.7 Å². The monoisotopic (exact) mass is 383 g/mol. The molecule has 1 saturated carbocycles. The number of halogens is 1. The van der Waals surface area contributed by atoms with Crippen LogP contribution in [0.25, 0.3) is 11.1 Å². The molecule has 4 rings (SSSR count). The van der Waals surface area contributed by atoms with Gasteiger partial charge >= 0.3 is 5.97 Å². The van der Waals surface area contributed by atoms with Crippen molar-refractivity contribution in [2.24, 2.45) is 0 Å². The van der Waals surface area contributed by atoms with Gasteiger partial charge in [0.15, 0.2) is 0 Å². The van der Waals surface area contributed by atoms with Gasteiger partial charge in [0.2, 0.25) is 0 Å². The molecule has 28 heavy (non-hydrogen) atoms. The summed E-state index contributed by atoms with van der Waals surface area (Å²) in [5.41, 5.74) is 1.57. The average molecular weight is 383 g/mol. The first kappa shape index (κ1) is 18.1. The van der Waals surface area contributed by atoms with Crippen LogP contribution in [0.5, 0.6) is 0 Å². The lowest BCUT2D eigenvalue weighted by molar-refractivity contribution is 0.0696. The van der Waals surface area contributed by atoms with Crippen LogP contribution in [0, 0.1) is 5.82 Å². The van der Waals surface area contributed by atoms with Crippen LogP contribution in [-0.4, -0.2) is 27.1 Å². The maximum absolute atomic E-state index is 14.1. The van der Waals surface area contributed by atoms with Gasteiger partial charge in [0, 0.05) is 11.6 Å². The van der Waals surface area contributed by atoms with Crippen molar-refractivity contribution < 1.29 is 23.6 Å². The molecule has 0 aliphatic heterocycles. The summed E-state index contributed by atoms with van der Waals surface area (Å²) in [5, 5.41) is 16.1. The highest BCUT2D eigenvalue weighted by Crippen LogP contribution is 2.41. The average Bonchev–Trinajstić information content (AvgIpc) is 3.41. The largest absolute Gasteiger partial charge is 0.478 e. The van der Waals surface area contributed by atoms with Crippen LogP contribution >= 0.6 is 0 Å². The molecule has 0 unspecified atom stereocenters. The Labute approximate surface area is 159 Å². The number of aromatic nitrogens is 2. The van der Waals surface area contributed by atoms with Gasteiger partial charge in [-0.05, 0) is 43.0 Å². The van der Waals surface area contributed by atoms with Gasteiger partial charge < -0.3 is 14.9 Å². The Balaban J connectivity index is 1.79. The van der Waals surface area contributed by atoms with Crippen molar-refractivity contribution in [3.8, 4) is 0 Å². The van der Waals surface area contributed by atoms with E-state index in [0.717, 1.165) is 36.7 Å². The summed E-state index contributed by atoms with van der Waals surface area (Å²) < 4.78 is 19.5. The summed E-state index contributed by atoms with van der Waals surface area (Å²) in [6.45, 7) is 3.84. The van der Waals surface area contributed by atoms with Crippen LogP contribution in [0.2, 0.25) is 0 Å². The van der Waals surface area contributed by atoms with Crippen molar-refractivity contribution in [3.63, 3.8) is 0 Å². The first-order chi connectivity index (χ1) is 13.3. The highest BCUT2D eigenvalue weighted by Gasteiger charge is 2.29. The van der Waals surface area contributed by atoms with Crippen molar-refractivity contribution in [3.05, 3.63) is 52.6 Å². The van der Waals surface area contributed by atoms with E-state index in [0.29, 0.717) is 11.1 Å². The number of nitrogens with zero attached hydrogens (tertiary/aromatic N) is 2. The van der Waals surface area contributed by atoms with Gasteiger partial charge in [-0.25, -0.2) is 14.2 Å². The molecule has 2 N–H and O–H groups in total. The molecule has 3 aromatic rings. The molecular weight excluding hydrogens is 365 g/mol. The third kappa shape index (κ3) is 3.21. The van der Waals surface area contributed by atoms with Gasteiger partial charge in [0.1, 0.15) is 5.82 Å². The van der Waals surface area contributed by atoms with Gasteiger partial charge in [-0.15, -0.1) is 0 Å². The highest BCUT2D eigenvalue weighted by atomic mass is 19.1. The second-order valence-electron chi connectivity index (χ2n) is 7.23. The van der Waals surface area contributed by atoms with E-state index in [9.17, 15) is 14.0 Å². The fourth-order valence-electron chi connectivity index (χ4n) is 3.10. The molecule has 0 saturated heterocycles. The molecule has 1 amide bonds. The zero-order valence-electron chi connectivity index (χ0n) is 15.3. The minimum Gasteiger partial charge on any atom is -0.478 e. The van der Waals surface area contributed by atoms with E-state index >= 15 is 0 Å². The number of benzene rings is 1. The summed E-state index contributed by atoms with van der Waals surface area (Å²) in [6, 6.07) is 4.93. The van der Waals surface area contributed by atoms with Crippen LogP contribution in [0.3, 0.4) is 0 Å². The third-order valence-electron chi connectivity index (χ3n) is 4.74. The summed E-state index contributed by atoms with van der Waals surface area (Å²) >= 11 is 0. The molecule has 2 heterocycles. The number of amides is 1. The Kier molecular flexibility index (Phi) is 4.33. The fraction of sp³-hybridized carbons (Fsp3) is 0.300. The first-order valence-electron chi connectivity index (χ1n) is 8.99. The summed E-state index contributed by atoms with van der Waals surface area (Å²) in [5.74, 6) is -2.23. The number of carboxylic acid groups (broad SMARTS) is 1. The Morgan fingerprint density at radius 2 is 2.04 bits per heavy atom. The Bertz CT molecular complexity index is 1100. The lowest BCUT2D eigenvalue weighted by Crippen LogP contribution is -2.15. The minimum absolute atomic E-state index is 0.00607. The summed E-state index contributed by atoms with van der Waals surface area (Å²) in [7, 11) is 0. The zero-order chi connectivity index (χ0) is 20.0. The second kappa shape index (κ2) is 6.70. The maximum Gasteiger partial charge on any atom is 0.335 e. The molecule has 1 aliphatic carbocycles. The molecule has 1 aromatic carbocycles. The Morgan fingerprint density at radius 1 is 1.29 bits per heavy atom. The molecule has 8 heteroatoms. The summed E-state index contributed by atoms with van der Waals surface area (Å²) in [6.07, 6.45) is 1.97. The number of rotatable bonds is 5. The Hall–Kier alpha value is -3.29. The van der Waals surface area contributed by atoms with Crippen molar-refractivity contribution in [2.45, 2.75) is 38.5 Å². The number of fused-ring (bicyclic) bond motifs is 1.